The van der Waals surface area contributed by atoms with Crippen LogP contribution in [-0.2, 0) is 6.42 Å². The van der Waals surface area contributed by atoms with Crippen molar-refractivity contribution >= 4 is 0 Å². The maximum Gasteiger partial charge on any atom is 0.118 e. The number of aromatic hydroxyl groups is 1. The van der Waals surface area contributed by atoms with Gasteiger partial charge in [-0.1, -0.05) is 6.07 Å². The summed E-state index contributed by atoms with van der Waals surface area (Å²) in [6.45, 7) is 1.91. The number of aryl methyl sites for hydroxylation is 2. The molecular formula is C11H15NO. The van der Waals surface area contributed by atoms with Crippen molar-refractivity contribution in [1.82, 2.24) is 0 Å². The lowest BCUT2D eigenvalue weighted by Gasteiger charge is -2.22. The monoisotopic (exact) mass is 177 g/mol. The zero-order valence-electron chi connectivity index (χ0n) is 7.88. The standard InChI is InChI=1S/C11H15NO/c1-7-5-9-8(6-11(7)13)3-2-4-10(9)12/h5-6,10,13H,2-4,12H2,1H3. The van der Waals surface area contributed by atoms with Crippen LogP contribution in [0.5, 0.6) is 5.75 Å². The number of phenols is 1. The van der Waals surface area contributed by atoms with Crippen LogP contribution in [-0.4, -0.2) is 5.11 Å². The molecule has 1 aliphatic carbocycles. The number of phenolic OH excluding ortho intramolecular Hbond substituents is 1. The van der Waals surface area contributed by atoms with Gasteiger partial charge >= 0.3 is 0 Å². The van der Waals surface area contributed by atoms with Crippen molar-refractivity contribution in [2.24, 2.45) is 5.73 Å². The third-order valence-electron chi connectivity index (χ3n) is 2.82. The Balaban J connectivity index is 2.52. The Bertz CT molecular complexity index is 333. The minimum Gasteiger partial charge on any atom is -0.508 e. The molecule has 0 radical (unpaired) electrons. The van der Waals surface area contributed by atoms with E-state index < -0.39 is 0 Å². The molecule has 70 valence electrons. The van der Waals surface area contributed by atoms with Gasteiger partial charge in [0.2, 0.25) is 0 Å². The number of hydrogen-bond donors (Lipinski definition) is 2. The van der Waals surface area contributed by atoms with Crippen LogP contribution in [0.3, 0.4) is 0 Å². The van der Waals surface area contributed by atoms with Crippen molar-refractivity contribution in [1.29, 1.82) is 0 Å². The minimum absolute atomic E-state index is 0.169. The van der Waals surface area contributed by atoms with Crippen LogP contribution >= 0.6 is 0 Å². The summed E-state index contributed by atoms with van der Waals surface area (Å²) in [5.74, 6) is 0.396. The smallest absolute Gasteiger partial charge is 0.118 e. The molecule has 13 heavy (non-hydrogen) atoms. The average Bonchev–Trinajstić information content (AvgIpc) is 2.09. The molecule has 0 saturated carbocycles. The van der Waals surface area contributed by atoms with Crippen molar-refractivity contribution < 1.29 is 5.11 Å². The van der Waals surface area contributed by atoms with Gasteiger partial charge in [-0.2, -0.15) is 0 Å². The zero-order valence-corrected chi connectivity index (χ0v) is 7.88. The number of hydrogen-bond acceptors (Lipinski definition) is 2. The van der Waals surface area contributed by atoms with Gasteiger partial charge in [0.25, 0.3) is 0 Å². The van der Waals surface area contributed by atoms with Crippen LogP contribution in [0.1, 0.15) is 35.6 Å². The molecule has 0 spiro atoms. The summed E-state index contributed by atoms with van der Waals surface area (Å²) in [5.41, 5.74) is 9.36. The lowest BCUT2D eigenvalue weighted by Crippen LogP contribution is -2.17. The van der Waals surface area contributed by atoms with Gasteiger partial charge in [0.1, 0.15) is 5.75 Å². The van der Waals surface area contributed by atoms with E-state index in [0.717, 1.165) is 24.8 Å². The lowest BCUT2D eigenvalue weighted by atomic mass is 9.87. The predicted octanol–water partition coefficient (Wildman–Crippen LogP) is 2.04. The summed E-state index contributed by atoms with van der Waals surface area (Å²) in [5, 5.41) is 9.52. The van der Waals surface area contributed by atoms with Crippen LogP contribution in [0.2, 0.25) is 0 Å². The molecule has 1 aliphatic rings. The summed E-state index contributed by atoms with van der Waals surface area (Å²) in [4.78, 5) is 0. The fourth-order valence-electron chi connectivity index (χ4n) is 1.99. The molecule has 2 nitrogen and oxygen atoms in total. The molecule has 0 amide bonds. The average molecular weight is 177 g/mol. The summed E-state index contributed by atoms with van der Waals surface area (Å²) in [6, 6.07) is 4.06. The Morgan fingerprint density at radius 3 is 3.00 bits per heavy atom. The first kappa shape index (κ1) is 8.57. The normalized spacial score (nSPS) is 21.2. The van der Waals surface area contributed by atoms with Gasteiger partial charge in [-0.25, -0.2) is 0 Å². The number of fused-ring (bicyclic) bond motifs is 1. The number of benzene rings is 1. The second kappa shape index (κ2) is 3.04. The van der Waals surface area contributed by atoms with E-state index in [0.29, 0.717) is 5.75 Å². The Hall–Kier alpha value is -1.02. The summed E-state index contributed by atoms with van der Waals surface area (Å²) >= 11 is 0. The first-order valence-electron chi connectivity index (χ1n) is 4.76. The van der Waals surface area contributed by atoms with E-state index in [2.05, 4.69) is 0 Å². The maximum atomic E-state index is 9.52. The summed E-state index contributed by atoms with van der Waals surface area (Å²) < 4.78 is 0. The zero-order chi connectivity index (χ0) is 9.42. The molecule has 1 aromatic rings. The quantitative estimate of drug-likeness (QED) is 0.637. The maximum absolute atomic E-state index is 9.52. The van der Waals surface area contributed by atoms with E-state index in [-0.39, 0.29) is 6.04 Å². The van der Waals surface area contributed by atoms with Gasteiger partial charge in [0.05, 0.1) is 0 Å². The Morgan fingerprint density at radius 2 is 2.23 bits per heavy atom. The van der Waals surface area contributed by atoms with Gasteiger partial charge in [-0.05, 0) is 48.9 Å². The second-order valence-electron chi connectivity index (χ2n) is 3.84. The molecule has 0 fully saturated rings. The molecule has 2 rings (SSSR count). The highest BCUT2D eigenvalue weighted by Gasteiger charge is 2.17. The van der Waals surface area contributed by atoms with E-state index in [1.165, 1.54) is 11.1 Å². The van der Waals surface area contributed by atoms with Crippen LogP contribution in [0.25, 0.3) is 0 Å². The van der Waals surface area contributed by atoms with E-state index in [1.807, 2.05) is 19.1 Å². The molecular weight excluding hydrogens is 162 g/mol. The van der Waals surface area contributed by atoms with Crippen molar-refractivity contribution in [3.05, 3.63) is 28.8 Å². The Morgan fingerprint density at radius 1 is 1.46 bits per heavy atom. The third kappa shape index (κ3) is 1.42. The molecule has 1 aromatic carbocycles. The lowest BCUT2D eigenvalue weighted by molar-refractivity contribution is 0.467. The van der Waals surface area contributed by atoms with Crippen LogP contribution in [0.4, 0.5) is 0 Å². The van der Waals surface area contributed by atoms with E-state index in [1.54, 1.807) is 0 Å². The highest BCUT2D eigenvalue weighted by atomic mass is 16.3. The Kier molecular flexibility index (Phi) is 2.00. The van der Waals surface area contributed by atoms with Crippen molar-refractivity contribution in [3.8, 4) is 5.75 Å². The minimum atomic E-state index is 0.169. The molecule has 0 aromatic heterocycles. The molecule has 3 N–H and O–H groups in total. The molecule has 0 aliphatic heterocycles. The first-order chi connectivity index (χ1) is 6.18. The molecule has 0 heterocycles. The molecule has 0 saturated heterocycles. The van der Waals surface area contributed by atoms with Crippen LogP contribution in [0.15, 0.2) is 12.1 Å². The fourth-order valence-corrected chi connectivity index (χ4v) is 1.99. The highest BCUT2D eigenvalue weighted by molar-refractivity contribution is 5.43. The summed E-state index contributed by atoms with van der Waals surface area (Å²) in [7, 11) is 0. The van der Waals surface area contributed by atoms with Crippen molar-refractivity contribution in [2.45, 2.75) is 32.2 Å². The second-order valence-corrected chi connectivity index (χ2v) is 3.84. The largest absolute Gasteiger partial charge is 0.508 e. The van der Waals surface area contributed by atoms with Gasteiger partial charge in [0, 0.05) is 6.04 Å². The Labute approximate surface area is 78.4 Å². The molecule has 2 heteroatoms. The van der Waals surface area contributed by atoms with Gasteiger partial charge < -0.3 is 10.8 Å². The van der Waals surface area contributed by atoms with Crippen molar-refractivity contribution in [2.75, 3.05) is 0 Å². The molecule has 0 bridgehead atoms. The van der Waals surface area contributed by atoms with E-state index in [4.69, 9.17) is 5.73 Å². The van der Waals surface area contributed by atoms with Gasteiger partial charge in [-0.15, -0.1) is 0 Å². The van der Waals surface area contributed by atoms with Crippen LogP contribution < -0.4 is 5.73 Å². The fraction of sp³-hybridized carbons (Fsp3) is 0.455. The first-order valence-corrected chi connectivity index (χ1v) is 4.76. The van der Waals surface area contributed by atoms with Crippen LogP contribution in [0, 0.1) is 6.92 Å². The predicted molar refractivity (Wildman–Crippen MR) is 52.7 cm³/mol. The summed E-state index contributed by atoms with van der Waals surface area (Å²) in [6.07, 6.45) is 3.25. The molecule has 1 atom stereocenters. The third-order valence-corrected chi connectivity index (χ3v) is 2.82. The number of nitrogens with two attached hydrogens (primary N) is 1. The number of rotatable bonds is 0. The molecule has 1 unspecified atom stereocenters. The SMILES string of the molecule is Cc1cc2c(cc1O)CCCC2N. The van der Waals surface area contributed by atoms with E-state index >= 15 is 0 Å². The van der Waals surface area contributed by atoms with E-state index in [9.17, 15) is 5.11 Å². The van der Waals surface area contributed by atoms with Crippen molar-refractivity contribution in [3.63, 3.8) is 0 Å². The topological polar surface area (TPSA) is 46.2 Å². The van der Waals surface area contributed by atoms with Gasteiger partial charge in [0.15, 0.2) is 0 Å². The van der Waals surface area contributed by atoms with Gasteiger partial charge in [-0.3, -0.25) is 0 Å². The highest BCUT2D eigenvalue weighted by Crippen LogP contribution is 2.32.